The van der Waals surface area contributed by atoms with E-state index in [9.17, 15) is 9.18 Å². The van der Waals surface area contributed by atoms with Crippen LogP contribution in [0, 0.1) is 5.82 Å². The van der Waals surface area contributed by atoms with Gasteiger partial charge in [-0.1, -0.05) is 12.7 Å². The molecule has 0 saturated carbocycles. The maximum absolute atomic E-state index is 13.4. The summed E-state index contributed by atoms with van der Waals surface area (Å²) in [5, 5.41) is 0. The molecule has 1 heterocycles. The first kappa shape index (κ1) is 8.94. The van der Waals surface area contributed by atoms with Crippen LogP contribution in [0.3, 0.4) is 0 Å². The molecule has 0 aliphatic carbocycles. The van der Waals surface area contributed by atoms with E-state index in [-0.39, 0.29) is 17.8 Å². The Morgan fingerprint density at radius 1 is 1.50 bits per heavy atom. The third kappa shape index (κ3) is 1.31. The summed E-state index contributed by atoms with van der Waals surface area (Å²) in [6.07, 6.45) is 1.77. The molecule has 0 fully saturated rings. The summed E-state index contributed by atoms with van der Waals surface area (Å²) in [4.78, 5) is 11.4. The Labute approximate surface area is 81.0 Å². The molecular weight excluding hydrogens is 183 g/mol. The number of ether oxygens (including phenoxy) is 1. The summed E-state index contributed by atoms with van der Waals surface area (Å²) >= 11 is 0. The van der Waals surface area contributed by atoms with Crippen LogP contribution in [0.15, 0.2) is 18.7 Å². The van der Waals surface area contributed by atoms with Crippen LogP contribution in [-0.4, -0.2) is 12.4 Å². The van der Waals surface area contributed by atoms with Crippen molar-refractivity contribution in [3.8, 4) is 5.75 Å². The van der Waals surface area contributed by atoms with Gasteiger partial charge in [0.25, 0.3) is 0 Å². The monoisotopic (exact) mass is 192 g/mol. The van der Waals surface area contributed by atoms with Gasteiger partial charge in [-0.15, -0.1) is 0 Å². The first-order valence-electron chi connectivity index (χ1n) is 4.34. The van der Waals surface area contributed by atoms with Crippen molar-refractivity contribution in [3.05, 3.63) is 35.7 Å². The summed E-state index contributed by atoms with van der Waals surface area (Å²) in [6.45, 7) is 3.86. The minimum absolute atomic E-state index is 0.0712. The Bertz CT molecular complexity index is 410. The number of benzene rings is 1. The van der Waals surface area contributed by atoms with Gasteiger partial charge in [0.1, 0.15) is 11.6 Å². The molecule has 2 rings (SSSR count). The Morgan fingerprint density at radius 3 is 3.00 bits per heavy atom. The second-order valence-corrected chi connectivity index (χ2v) is 3.10. The van der Waals surface area contributed by atoms with Gasteiger partial charge in [-0.05, 0) is 17.7 Å². The molecule has 0 spiro atoms. The van der Waals surface area contributed by atoms with Gasteiger partial charge in [-0.25, -0.2) is 4.39 Å². The number of rotatable bonds is 1. The maximum Gasteiger partial charge on any atom is 0.172 e. The van der Waals surface area contributed by atoms with Gasteiger partial charge in [0, 0.05) is 6.42 Å². The largest absolute Gasteiger partial charge is 0.492 e. The van der Waals surface area contributed by atoms with Crippen LogP contribution in [0.1, 0.15) is 22.3 Å². The van der Waals surface area contributed by atoms with E-state index in [4.69, 9.17) is 4.74 Å². The first-order chi connectivity index (χ1) is 6.72. The second kappa shape index (κ2) is 3.25. The Balaban J connectivity index is 2.62. The lowest BCUT2D eigenvalue weighted by atomic mass is 10.0. The van der Waals surface area contributed by atoms with Crippen LogP contribution in [0.5, 0.6) is 5.75 Å². The molecule has 1 aliphatic heterocycles. The van der Waals surface area contributed by atoms with Gasteiger partial charge in [0.05, 0.1) is 12.2 Å². The summed E-state index contributed by atoms with van der Waals surface area (Å²) in [5.74, 6) is -0.391. The number of Topliss-reactive ketones (excluding diaryl/α,β-unsaturated/α-hetero) is 1. The minimum atomic E-state index is -0.526. The van der Waals surface area contributed by atoms with Gasteiger partial charge < -0.3 is 4.74 Å². The van der Waals surface area contributed by atoms with Gasteiger partial charge in [-0.2, -0.15) is 0 Å². The average molecular weight is 192 g/mol. The van der Waals surface area contributed by atoms with E-state index in [0.29, 0.717) is 17.9 Å². The SMILES string of the molecule is C=Cc1cc(F)c2c(c1)OCCC2=O. The normalized spacial score (nSPS) is 14.5. The standard InChI is InChI=1S/C11H9FO2/c1-2-7-5-8(12)11-9(13)3-4-14-10(11)6-7/h2,5-6H,1,3-4H2. The number of halogens is 1. The fourth-order valence-corrected chi connectivity index (χ4v) is 1.48. The van der Waals surface area contributed by atoms with E-state index in [2.05, 4.69) is 6.58 Å². The molecular formula is C11H9FO2. The molecule has 0 N–H and O–H groups in total. The lowest BCUT2D eigenvalue weighted by Gasteiger charge is -2.17. The molecule has 0 bridgehead atoms. The zero-order valence-electron chi connectivity index (χ0n) is 7.55. The number of hydrogen-bond acceptors (Lipinski definition) is 2. The molecule has 0 aromatic heterocycles. The third-order valence-electron chi connectivity index (χ3n) is 2.18. The van der Waals surface area contributed by atoms with Crippen molar-refractivity contribution in [3.63, 3.8) is 0 Å². The first-order valence-corrected chi connectivity index (χ1v) is 4.34. The van der Waals surface area contributed by atoms with Crippen molar-refractivity contribution in [1.29, 1.82) is 0 Å². The van der Waals surface area contributed by atoms with E-state index >= 15 is 0 Å². The second-order valence-electron chi connectivity index (χ2n) is 3.10. The number of carbonyl (C=O) groups excluding carboxylic acids is 1. The molecule has 1 aromatic carbocycles. The van der Waals surface area contributed by atoms with Crippen molar-refractivity contribution in [2.24, 2.45) is 0 Å². The fraction of sp³-hybridized carbons (Fsp3) is 0.182. The lowest BCUT2D eigenvalue weighted by Crippen LogP contribution is -2.17. The molecule has 14 heavy (non-hydrogen) atoms. The average Bonchev–Trinajstić information content (AvgIpc) is 2.17. The lowest BCUT2D eigenvalue weighted by molar-refractivity contribution is 0.0928. The molecule has 2 nitrogen and oxygen atoms in total. The van der Waals surface area contributed by atoms with Crippen LogP contribution < -0.4 is 4.74 Å². The van der Waals surface area contributed by atoms with Crippen molar-refractivity contribution < 1.29 is 13.9 Å². The molecule has 0 atom stereocenters. The predicted molar refractivity (Wildman–Crippen MR) is 50.9 cm³/mol. The minimum Gasteiger partial charge on any atom is -0.492 e. The van der Waals surface area contributed by atoms with Crippen LogP contribution in [0.25, 0.3) is 6.08 Å². The van der Waals surface area contributed by atoms with Crippen molar-refractivity contribution >= 4 is 11.9 Å². The quantitative estimate of drug-likeness (QED) is 0.683. The van der Waals surface area contributed by atoms with E-state index in [1.54, 1.807) is 6.07 Å². The number of ketones is 1. The number of fused-ring (bicyclic) bond motifs is 1. The van der Waals surface area contributed by atoms with Gasteiger partial charge in [0.2, 0.25) is 0 Å². The van der Waals surface area contributed by atoms with E-state index in [1.165, 1.54) is 12.1 Å². The Kier molecular flexibility index (Phi) is 2.08. The highest BCUT2D eigenvalue weighted by Crippen LogP contribution is 2.28. The van der Waals surface area contributed by atoms with Gasteiger partial charge in [0.15, 0.2) is 5.78 Å². The highest BCUT2D eigenvalue weighted by molar-refractivity contribution is 6.00. The van der Waals surface area contributed by atoms with Crippen LogP contribution in [0.4, 0.5) is 4.39 Å². The fourth-order valence-electron chi connectivity index (χ4n) is 1.48. The van der Waals surface area contributed by atoms with Gasteiger partial charge >= 0.3 is 0 Å². The number of carbonyl (C=O) groups is 1. The van der Waals surface area contributed by atoms with E-state index < -0.39 is 5.82 Å². The summed E-state index contributed by atoms with van der Waals surface area (Å²) < 4.78 is 18.6. The zero-order chi connectivity index (χ0) is 10.1. The number of hydrogen-bond donors (Lipinski definition) is 0. The van der Waals surface area contributed by atoms with Crippen molar-refractivity contribution in [1.82, 2.24) is 0 Å². The molecule has 72 valence electrons. The highest BCUT2D eigenvalue weighted by Gasteiger charge is 2.22. The summed E-state index contributed by atoms with van der Waals surface area (Å²) in [7, 11) is 0. The molecule has 1 aromatic rings. The van der Waals surface area contributed by atoms with E-state index in [0.717, 1.165) is 0 Å². The Hall–Kier alpha value is -1.64. The molecule has 3 heteroatoms. The topological polar surface area (TPSA) is 26.3 Å². The Morgan fingerprint density at radius 2 is 2.29 bits per heavy atom. The van der Waals surface area contributed by atoms with Gasteiger partial charge in [-0.3, -0.25) is 4.79 Å². The zero-order valence-corrected chi connectivity index (χ0v) is 7.55. The predicted octanol–water partition coefficient (Wildman–Crippen LogP) is 2.43. The molecule has 0 radical (unpaired) electrons. The van der Waals surface area contributed by atoms with Crippen molar-refractivity contribution in [2.75, 3.05) is 6.61 Å². The molecule has 0 saturated heterocycles. The highest BCUT2D eigenvalue weighted by atomic mass is 19.1. The van der Waals surface area contributed by atoms with E-state index in [1.807, 2.05) is 0 Å². The maximum atomic E-state index is 13.4. The summed E-state index contributed by atoms with van der Waals surface area (Å²) in [6, 6.07) is 2.92. The summed E-state index contributed by atoms with van der Waals surface area (Å²) in [5.41, 5.74) is 0.692. The van der Waals surface area contributed by atoms with Crippen molar-refractivity contribution in [2.45, 2.75) is 6.42 Å². The third-order valence-corrected chi connectivity index (χ3v) is 2.18. The molecule has 0 unspecified atom stereocenters. The van der Waals surface area contributed by atoms with Crippen LogP contribution in [0.2, 0.25) is 0 Å². The molecule has 0 amide bonds. The smallest absolute Gasteiger partial charge is 0.172 e. The van der Waals surface area contributed by atoms with Crippen LogP contribution in [-0.2, 0) is 0 Å². The van der Waals surface area contributed by atoms with Crippen LogP contribution >= 0.6 is 0 Å². The molecule has 1 aliphatic rings.